The monoisotopic (exact) mass is 284 g/mol. The lowest BCUT2D eigenvalue weighted by Gasteiger charge is -2.21. The molecule has 1 aromatic carbocycles. The molecule has 1 aromatic rings. The first-order chi connectivity index (χ1) is 9.04. The Kier molecular flexibility index (Phi) is 4.77. The van der Waals surface area contributed by atoms with Gasteiger partial charge in [0, 0.05) is 37.1 Å². The summed E-state index contributed by atoms with van der Waals surface area (Å²) in [6.07, 6.45) is 1.61. The molecule has 0 aromatic heterocycles. The number of amides is 1. The third-order valence-electron chi connectivity index (χ3n) is 3.24. The van der Waals surface area contributed by atoms with Gasteiger partial charge < -0.3 is 10.2 Å². The highest BCUT2D eigenvalue weighted by atomic mass is 35.5. The number of hydrogen-bond donors (Lipinski definition) is 1. The fourth-order valence-electron chi connectivity index (χ4n) is 2.30. The maximum absolute atomic E-state index is 13.2. The molecule has 0 aliphatic carbocycles. The van der Waals surface area contributed by atoms with Gasteiger partial charge in [-0.2, -0.15) is 0 Å². The van der Waals surface area contributed by atoms with Gasteiger partial charge in [-0.3, -0.25) is 4.79 Å². The van der Waals surface area contributed by atoms with Crippen LogP contribution in [0.5, 0.6) is 0 Å². The number of halogens is 2. The molecule has 1 saturated heterocycles. The fourth-order valence-corrected chi connectivity index (χ4v) is 2.54. The van der Waals surface area contributed by atoms with Crippen LogP contribution in [0.4, 0.5) is 4.39 Å². The van der Waals surface area contributed by atoms with E-state index >= 15 is 0 Å². The topological polar surface area (TPSA) is 32.3 Å². The summed E-state index contributed by atoms with van der Waals surface area (Å²) in [5.74, 6) is -0.103. The predicted octanol–water partition coefficient (Wildman–Crippen LogP) is 2.58. The van der Waals surface area contributed by atoms with E-state index in [2.05, 4.69) is 5.32 Å². The molecular weight excluding hydrogens is 267 g/mol. The van der Waals surface area contributed by atoms with Gasteiger partial charge in [0.2, 0.25) is 5.91 Å². The molecule has 5 heteroatoms. The first kappa shape index (κ1) is 14.3. The summed E-state index contributed by atoms with van der Waals surface area (Å²) in [4.78, 5) is 13.4. The molecule has 1 fully saturated rings. The van der Waals surface area contributed by atoms with Gasteiger partial charge in [0.05, 0.1) is 0 Å². The van der Waals surface area contributed by atoms with E-state index < -0.39 is 0 Å². The number of benzene rings is 1. The van der Waals surface area contributed by atoms with Crippen molar-refractivity contribution >= 4 is 17.5 Å². The number of likely N-dealkylation sites (tertiary alicyclic amines) is 1. The van der Waals surface area contributed by atoms with Crippen molar-refractivity contribution in [3.8, 4) is 0 Å². The van der Waals surface area contributed by atoms with E-state index in [1.807, 2.05) is 11.8 Å². The van der Waals surface area contributed by atoms with Crippen LogP contribution >= 0.6 is 11.6 Å². The van der Waals surface area contributed by atoms with Gasteiger partial charge in [-0.05, 0) is 37.1 Å². The van der Waals surface area contributed by atoms with Gasteiger partial charge in [0.15, 0.2) is 0 Å². The van der Waals surface area contributed by atoms with Crippen LogP contribution in [0.15, 0.2) is 18.2 Å². The lowest BCUT2D eigenvalue weighted by atomic mass is 10.2. The van der Waals surface area contributed by atoms with Crippen LogP contribution in [0.1, 0.15) is 25.3 Å². The first-order valence-corrected chi connectivity index (χ1v) is 6.88. The van der Waals surface area contributed by atoms with Crippen LogP contribution in [-0.4, -0.2) is 29.9 Å². The second-order valence-electron chi connectivity index (χ2n) is 5.00. The van der Waals surface area contributed by atoms with Crippen molar-refractivity contribution in [2.45, 2.75) is 32.4 Å². The predicted molar refractivity (Wildman–Crippen MR) is 73.5 cm³/mol. The lowest BCUT2D eigenvalue weighted by molar-refractivity contribution is -0.127. The molecule has 0 bridgehead atoms. The van der Waals surface area contributed by atoms with Crippen LogP contribution in [0, 0.1) is 5.82 Å². The summed E-state index contributed by atoms with van der Waals surface area (Å²) < 4.78 is 13.2. The van der Waals surface area contributed by atoms with Gasteiger partial charge in [0.25, 0.3) is 0 Å². The molecule has 2 rings (SSSR count). The Bertz CT molecular complexity index is 447. The third kappa shape index (κ3) is 4.18. The molecule has 1 atom stereocenters. The number of carbonyl (C=O) groups excluding carboxylic acids is 1. The SMILES string of the molecule is CC(CN1CCCC1=O)NCc1cc(F)cc(Cl)c1. The Morgan fingerprint density at radius 2 is 2.26 bits per heavy atom. The summed E-state index contributed by atoms with van der Waals surface area (Å²) in [5, 5.41) is 3.68. The zero-order chi connectivity index (χ0) is 13.8. The maximum Gasteiger partial charge on any atom is 0.222 e. The van der Waals surface area contributed by atoms with Crippen molar-refractivity contribution in [3.05, 3.63) is 34.6 Å². The summed E-state index contributed by atoms with van der Waals surface area (Å²) in [5.41, 5.74) is 0.810. The summed E-state index contributed by atoms with van der Waals surface area (Å²) in [7, 11) is 0. The molecule has 1 unspecified atom stereocenters. The second-order valence-corrected chi connectivity index (χ2v) is 5.44. The van der Waals surface area contributed by atoms with Gasteiger partial charge in [-0.1, -0.05) is 11.6 Å². The molecule has 0 spiro atoms. The first-order valence-electron chi connectivity index (χ1n) is 6.51. The normalized spacial score (nSPS) is 17.0. The second kappa shape index (κ2) is 6.35. The van der Waals surface area contributed by atoms with Crippen molar-refractivity contribution in [1.29, 1.82) is 0 Å². The smallest absolute Gasteiger partial charge is 0.222 e. The van der Waals surface area contributed by atoms with Crippen molar-refractivity contribution in [2.24, 2.45) is 0 Å². The molecule has 104 valence electrons. The van der Waals surface area contributed by atoms with Crippen LogP contribution in [0.2, 0.25) is 5.02 Å². The average molecular weight is 285 g/mol. The Hall–Kier alpha value is -1.13. The molecule has 0 saturated carbocycles. The highest BCUT2D eigenvalue weighted by molar-refractivity contribution is 6.30. The Labute approximate surface area is 117 Å². The molecule has 1 heterocycles. The lowest BCUT2D eigenvalue weighted by Crippen LogP contribution is -2.39. The maximum atomic E-state index is 13.2. The van der Waals surface area contributed by atoms with E-state index in [0.717, 1.165) is 18.5 Å². The van der Waals surface area contributed by atoms with Crippen molar-refractivity contribution in [2.75, 3.05) is 13.1 Å². The van der Waals surface area contributed by atoms with E-state index in [0.29, 0.717) is 24.5 Å². The summed E-state index contributed by atoms with van der Waals surface area (Å²) >= 11 is 5.80. The van der Waals surface area contributed by atoms with E-state index in [-0.39, 0.29) is 17.8 Å². The number of nitrogens with zero attached hydrogens (tertiary/aromatic N) is 1. The minimum Gasteiger partial charge on any atom is -0.341 e. The van der Waals surface area contributed by atoms with Crippen molar-refractivity contribution in [3.63, 3.8) is 0 Å². The third-order valence-corrected chi connectivity index (χ3v) is 3.46. The quantitative estimate of drug-likeness (QED) is 0.901. The molecule has 1 aliphatic heterocycles. The standard InChI is InChI=1S/C14H18ClFN2O/c1-10(9-18-4-2-3-14(18)19)17-8-11-5-12(15)7-13(16)6-11/h5-7,10,17H,2-4,8-9H2,1H3. The zero-order valence-electron chi connectivity index (χ0n) is 11.0. The molecule has 1 N–H and O–H groups in total. The minimum absolute atomic E-state index is 0.170. The van der Waals surface area contributed by atoms with Gasteiger partial charge >= 0.3 is 0 Å². The highest BCUT2D eigenvalue weighted by Gasteiger charge is 2.21. The van der Waals surface area contributed by atoms with E-state index in [4.69, 9.17) is 11.6 Å². The number of hydrogen-bond acceptors (Lipinski definition) is 2. The molecule has 19 heavy (non-hydrogen) atoms. The van der Waals surface area contributed by atoms with Crippen LogP contribution in [0.25, 0.3) is 0 Å². The molecular formula is C14H18ClFN2O. The molecule has 1 amide bonds. The highest BCUT2D eigenvalue weighted by Crippen LogP contribution is 2.14. The fraction of sp³-hybridized carbons (Fsp3) is 0.500. The van der Waals surface area contributed by atoms with Crippen molar-refractivity contribution < 1.29 is 9.18 Å². The van der Waals surface area contributed by atoms with Gasteiger partial charge in [-0.25, -0.2) is 4.39 Å². The summed E-state index contributed by atoms with van der Waals surface area (Å²) in [6, 6.07) is 4.67. The van der Waals surface area contributed by atoms with E-state index in [1.54, 1.807) is 6.07 Å². The minimum atomic E-state index is -0.327. The molecule has 0 radical (unpaired) electrons. The van der Waals surface area contributed by atoms with Crippen LogP contribution in [-0.2, 0) is 11.3 Å². The van der Waals surface area contributed by atoms with E-state index in [1.165, 1.54) is 12.1 Å². The Morgan fingerprint density at radius 1 is 1.47 bits per heavy atom. The van der Waals surface area contributed by atoms with Crippen molar-refractivity contribution in [1.82, 2.24) is 10.2 Å². The number of nitrogens with one attached hydrogen (secondary N) is 1. The zero-order valence-corrected chi connectivity index (χ0v) is 11.7. The average Bonchev–Trinajstić information content (AvgIpc) is 2.71. The van der Waals surface area contributed by atoms with Crippen LogP contribution < -0.4 is 5.32 Å². The van der Waals surface area contributed by atoms with E-state index in [9.17, 15) is 9.18 Å². The van der Waals surface area contributed by atoms with Gasteiger partial charge in [-0.15, -0.1) is 0 Å². The van der Waals surface area contributed by atoms with Gasteiger partial charge in [0.1, 0.15) is 5.82 Å². The largest absolute Gasteiger partial charge is 0.341 e. The van der Waals surface area contributed by atoms with Crippen LogP contribution in [0.3, 0.4) is 0 Å². The summed E-state index contributed by atoms with van der Waals surface area (Å²) in [6.45, 7) is 4.10. The Morgan fingerprint density at radius 3 is 2.89 bits per heavy atom. The number of rotatable bonds is 5. The number of carbonyl (C=O) groups is 1. The molecule has 3 nitrogen and oxygen atoms in total. The Balaban J connectivity index is 1.82. The molecule has 1 aliphatic rings.